The van der Waals surface area contributed by atoms with Gasteiger partial charge in [0.25, 0.3) is 5.91 Å². The highest BCUT2D eigenvalue weighted by Gasteiger charge is 2.47. The second-order valence-corrected chi connectivity index (χ2v) is 7.81. The number of hydrogen-bond acceptors (Lipinski definition) is 2. The van der Waals surface area contributed by atoms with Crippen molar-refractivity contribution < 1.29 is 18.7 Å². The maximum Gasteiger partial charge on any atom is 0.304 e. The molecule has 1 fully saturated rings. The van der Waals surface area contributed by atoms with E-state index in [2.05, 4.69) is 10.7 Å². The van der Waals surface area contributed by atoms with Crippen molar-refractivity contribution in [2.24, 2.45) is 0 Å². The molecule has 0 aromatic heterocycles. The molecular formula is C24H20ClFN3O2+. The first-order valence-corrected chi connectivity index (χ1v) is 10.1. The van der Waals surface area contributed by atoms with Crippen molar-refractivity contribution in [3.05, 3.63) is 106 Å². The molecule has 156 valence electrons. The Morgan fingerprint density at radius 2 is 1.68 bits per heavy atom. The second-order valence-electron chi connectivity index (χ2n) is 7.38. The van der Waals surface area contributed by atoms with E-state index in [1.54, 1.807) is 16.8 Å². The molecule has 7 heteroatoms. The molecule has 2 N–H and O–H groups in total. The molecule has 4 rings (SSSR count). The van der Waals surface area contributed by atoms with Gasteiger partial charge in [-0.25, -0.2) is 4.39 Å². The Morgan fingerprint density at radius 1 is 1.03 bits per heavy atom. The van der Waals surface area contributed by atoms with Gasteiger partial charge >= 0.3 is 5.91 Å². The normalized spacial score (nSPS) is 19.3. The van der Waals surface area contributed by atoms with E-state index in [1.807, 2.05) is 49.5 Å². The fourth-order valence-electron chi connectivity index (χ4n) is 3.48. The summed E-state index contributed by atoms with van der Waals surface area (Å²) < 4.78 is 14.9. The highest BCUT2D eigenvalue weighted by molar-refractivity contribution is 6.30. The molecule has 0 radical (unpaired) electrons. The average molecular weight is 437 g/mol. The molecule has 1 heterocycles. The summed E-state index contributed by atoms with van der Waals surface area (Å²) in [6.45, 7) is 2.00. The molecule has 2 atom stereocenters. The van der Waals surface area contributed by atoms with Gasteiger partial charge in [-0.2, -0.15) is 0 Å². The SMILES string of the molecule is Cc1ccc(/C=[N+]2\NC(=O)[C@H](NC(=O)c3ccc(F)cc3)[C@@H]2c2ccc(Cl)cc2)cc1. The van der Waals surface area contributed by atoms with Gasteiger partial charge in [0, 0.05) is 21.7 Å². The van der Waals surface area contributed by atoms with Gasteiger partial charge in [-0.3, -0.25) is 9.59 Å². The molecule has 0 aliphatic carbocycles. The van der Waals surface area contributed by atoms with E-state index in [0.29, 0.717) is 5.02 Å². The minimum absolute atomic E-state index is 0.269. The van der Waals surface area contributed by atoms with Crippen LogP contribution in [0.2, 0.25) is 5.02 Å². The summed E-state index contributed by atoms with van der Waals surface area (Å²) in [6, 6.07) is 18.8. The smallest absolute Gasteiger partial charge is 0.304 e. The quantitative estimate of drug-likeness (QED) is 0.611. The van der Waals surface area contributed by atoms with E-state index < -0.39 is 23.8 Å². The molecule has 2 amide bonds. The van der Waals surface area contributed by atoms with Crippen LogP contribution in [0.15, 0.2) is 72.8 Å². The number of benzene rings is 3. The zero-order chi connectivity index (χ0) is 22.0. The lowest BCUT2D eigenvalue weighted by atomic mass is 9.99. The minimum atomic E-state index is -0.861. The molecule has 0 unspecified atom stereocenters. The van der Waals surface area contributed by atoms with Crippen molar-refractivity contribution in [1.29, 1.82) is 0 Å². The number of nitrogens with zero attached hydrogens (tertiary/aromatic N) is 1. The summed E-state index contributed by atoms with van der Waals surface area (Å²) in [5, 5.41) is 3.36. The van der Waals surface area contributed by atoms with Crippen molar-refractivity contribution >= 4 is 29.6 Å². The van der Waals surface area contributed by atoms with E-state index in [1.165, 1.54) is 24.3 Å². The highest BCUT2D eigenvalue weighted by atomic mass is 35.5. The summed E-state index contributed by atoms with van der Waals surface area (Å²) in [5.41, 5.74) is 5.92. The number of halogens is 2. The van der Waals surface area contributed by atoms with Crippen LogP contribution >= 0.6 is 11.6 Å². The number of hydrazone groups is 1. The van der Waals surface area contributed by atoms with Crippen LogP contribution in [-0.2, 0) is 4.79 Å². The van der Waals surface area contributed by atoms with Crippen LogP contribution in [-0.4, -0.2) is 28.8 Å². The Hall–Kier alpha value is -3.51. The number of amides is 2. The van der Waals surface area contributed by atoms with Gasteiger partial charge in [-0.05, 0) is 55.5 Å². The zero-order valence-corrected chi connectivity index (χ0v) is 17.4. The predicted molar refractivity (Wildman–Crippen MR) is 117 cm³/mol. The lowest BCUT2D eigenvalue weighted by molar-refractivity contribution is -0.596. The fraction of sp³-hybridized carbons (Fsp3) is 0.125. The van der Waals surface area contributed by atoms with E-state index in [-0.39, 0.29) is 11.5 Å². The predicted octanol–water partition coefficient (Wildman–Crippen LogP) is 3.80. The van der Waals surface area contributed by atoms with Crippen molar-refractivity contribution in [3.8, 4) is 0 Å². The lowest BCUT2D eigenvalue weighted by Gasteiger charge is -2.15. The Bertz CT molecular complexity index is 1140. The summed E-state index contributed by atoms with van der Waals surface area (Å²) in [4.78, 5) is 25.6. The summed E-state index contributed by atoms with van der Waals surface area (Å²) in [5.74, 6) is -1.25. The van der Waals surface area contributed by atoms with Crippen LogP contribution in [0.4, 0.5) is 4.39 Å². The number of aryl methyl sites for hydroxylation is 1. The molecule has 0 bridgehead atoms. The molecule has 1 aliphatic rings. The highest BCUT2D eigenvalue weighted by Crippen LogP contribution is 2.26. The first kappa shape index (κ1) is 20.8. The molecule has 5 nitrogen and oxygen atoms in total. The standard InChI is InChI=1S/C24H19ClFN3O2/c1-15-2-4-16(5-3-15)14-29-22(17-6-10-19(25)11-7-17)21(24(31)28-29)27-23(30)18-8-12-20(26)13-9-18/h2-14,21-22H,1H3,(H-,27,28,30,31)/p+1/b29-14-/t21-,22+/m1/s1. The first-order valence-electron chi connectivity index (χ1n) is 9.73. The molecule has 3 aromatic rings. The Labute approximate surface area is 184 Å². The van der Waals surface area contributed by atoms with Crippen LogP contribution in [0.5, 0.6) is 0 Å². The Kier molecular flexibility index (Phi) is 5.82. The lowest BCUT2D eigenvalue weighted by Crippen LogP contribution is -2.42. The van der Waals surface area contributed by atoms with Gasteiger partial charge in [-0.1, -0.05) is 41.4 Å². The number of hydrazine groups is 1. The number of rotatable bonds is 4. The van der Waals surface area contributed by atoms with Gasteiger partial charge in [-0.15, -0.1) is 10.1 Å². The summed E-state index contributed by atoms with van der Waals surface area (Å²) in [6.07, 6.45) is 1.82. The van der Waals surface area contributed by atoms with Crippen LogP contribution in [0, 0.1) is 12.7 Å². The van der Waals surface area contributed by atoms with E-state index in [4.69, 9.17) is 11.6 Å². The number of hydrogen-bond donors (Lipinski definition) is 2. The van der Waals surface area contributed by atoms with Gasteiger partial charge in [0.1, 0.15) is 5.82 Å². The molecular weight excluding hydrogens is 417 g/mol. The third-order valence-electron chi connectivity index (χ3n) is 5.11. The molecule has 0 saturated carbocycles. The molecule has 1 aliphatic heterocycles. The van der Waals surface area contributed by atoms with E-state index in [0.717, 1.165) is 16.7 Å². The Balaban J connectivity index is 1.69. The van der Waals surface area contributed by atoms with E-state index in [9.17, 15) is 14.0 Å². The van der Waals surface area contributed by atoms with Crippen molar-refractivity contribution in [3.63, 3.8) is 0 Å². The first-order chi connectivity index (χ1) is 14.9. The summed E-state index contributed by atoms with van der Waals surface area (Å²) >= 11 is 6.04. The van der Waals surface area contributed by atoms with Crippen LogP contribution in [0.3, 0.4) is 0 Å². The maximum absolute atomic E-state index is 13.2. The maximum atomic E-state index is 13.2. The topological polar surface area (TPSA) is 61.2 Å². The number of carbonyl (C=O) groups excluding carboxylic acids is 2. The monoisotopic (exact) mass is 436 g/mol. The second kappa shape index (κ2) is 8.70. The van der Waals surface area contributed by atoms with Gasteiger partial charge < -0.3 is 5.32 Å². The molecule has 1 saturated heterocycles. The minimum Gasteiger partial charge on any atom is -0.334 e. The molecule has 0 spiro atoms. The van der Waals surface area contributed by atoms with E-state index >= 15 is 0 Å². The summed E-state index contributed by atoms with van der Waals surface area (Å²) in [7, 11) is 0. The van der Waals surface area contributed by atoms with Gasteiger partial charge in [0.15, 0.2) is 6.04 Å². The van der Waals surface area contributed by atoms with Gasteiger partial charge in [0.2, 0.25) is 12.3 Å². The third-order valence-corrected chi connectivity index (χ3v) is 5.36. The number of carbonyl (C=O) groups is 2. The van der Waals surface area contributed by atoms with Crippen LogP contribution < -0.4 is 10.7 Å². The third kappa shape index (κ3) is 4.64. The van der Waals surface area contributed by atoms with Gasteiger partial charge in [0.05, 0.1) is 0 Å². The zero-order valence-electron chi connectivity index (χ0n) is 16.7. The van der Waals surface area contributed by atoms with Crippen molar-refractivity contribution in [2.75, 3.05) is 0 Å². The average Bonchev–Trinajstić information content (AvgIpc) is 3.05. The largest absolute Gasteiger partial charge is 0.334 e. The van der Waals surface area contributed by atoms with Crippen molar-refractivity contribution in [1.82, 2.24) is 10.7 Å². The number of nitrogens with one attached hydrogen (secondary N) is 2. The van der Waals surface area contributed by atoms with Crippen LogP contribution in [0.1, 0.15) is 33.1 Å². The fourth-order valence-corrected chi connectivity index (χ4v) is 3.61. The molecule has 31 heavy (non-hydrogen) atoms. The van der Waals surface area contributed by atoms with Crippen LogP contribution in [0.25, 0.3) is 0 Å². The Morgan fingerprint density at radius 3 is 2.32 bits per heavy atom. The molecule has 3 aromatic carbocycles. The van der Waals surface area contributed by atoms with Crippen molar-refractivity contribution in [2.45, 2.75) is 19.0 Å².